The summed E-state index contributed by atoms with van der Waals surface area (Å²) in [6.07, 6.45) is 2.40. The first-order valence-electron chi connectivity index (χ1n) is 6.14. The number of hydrogen-bond donors (Lipinski definition) is 0. The van der Waals surface area contributed by atoms with Crippen LogP contribution in [0.15, 0.2) is 24.3 Å². The number of fused-ring (bicyclic) bond motifs is 1. The fourth-order valence-corrected chi connectivity index (χ4v) is 2.27. The van der Waals surface area contributed by atoms with Crippen LogP contribution in [0.3, 0.4) is 0 Å². The summed E-state index contributed by atoms with van der Waals surface area (Å²) in [7, 11) is 0. The number of aryl methyl sites for hydroxylation is 1. The van der Waals surface area contributed by atoms with Gasteiger partial charge in [0, 0.05) is 12.5 Å². The third-order valence-electron chi connectivity index (χ3n) is 3.15. The predicted octanol–water partition coefficient (Wildman–Crippen LogP) is 3.46. The van der Waals surface area contributed by atoms with E-state index in [0.717, 1.165) is 29.7 Å². The van der Waals surface area contributed by atoms with Gasteiger partial charge in [-0.3, -0.25) is 0 Å². The van der Waals surface area contributed by atoms with Crippen LogP contribution in [-0.4, -0.2) is 9.55 Å². The van der Waals surface area contributed by atoms with Crippen molar-refractivity contribution in [2.24, 2.45) is 0 Å². The molecule has 0 fully saturated rings. The molecule has 1 aromatic heterocycles. The molecule has 0 N–H and O–H groups in total. The van der Waals surface area contributed by atoms with E-state index >= 15 is 0 Å². The van der Waals surface area contributed by atoms with Crippen LogP contribution in [0.1, 0.15) is 38.6 Å². The van der Waals surface area contributed by atoms with Crippen molar-refractivity contribution in [3.05, 3.63) is 30.1 Å². The molecule has 0 radical (unpaired) electrons. The van der Waals surface area contributed by atoms with Crippen molar-refractivity contribution in [1.29, 1.82) is 5.26 Å². The Morgan fingerprint density at radius 1 is 1.35 bits per heavy atom. The number of hydrogen-bond acceptors (Lipinski definition) is 2. The van der Waals surface area contributed by atoms with Crippen molar-refractivity contribution < 1.29 is 0 Å². The molecule has 1 unspecified atom stereocenters. The normalized spacial score (nSPS) is 12.5. The van der Waals surface area contributed by atoms with Crippen molar-refractivity contribution in [2.45, 2.75) is 39.2 Å². The Bertz CT molecular complexity index is 548. The number of para-hydroxylation sites is 2. The number of benzene rings is 1. The van der Waals surface area contributed by atoms with Crippen molar-refractivity contribution in [3.8, 4) is 6.07 Å². The largest absolute Gasteiger partial charge is 0.324 e. The summed E-state index contributed by atoms with van der Waals surface area (Å²) in [5, 5.41) is 8.92. The molecule has 2 rings (SSSR count). The Hall–Kier alpha value is -1.82. The molecule has 0 saturated carbocycles. The number of rotatable bonds is 4. The zero-order chi connectivity index (χ0) is 12.3. The highest BCUT2D eigenvalue weighted by Gasteiger charge is 2.16. The average molecular weight is 227 g/mol. The van der Waals surface area contributed by atoms with Gasteiger partial charge in [0.15, 0.2) is 0 Å². The molecule has 0 spiro atoms. The first-order valence-corrected chi connectivity index (χ1v) is 6.14. The highest BCUT2D eigenvalue weighted by molar-refractivity contribution is 5.76. The number of aromatic nitrogens is 2. The topological polar surface area (TPSA) is 41.6 Å². The van der Waals surface area contributed by atoms with Crippen LogP contribution in [0, 0.1) is 11.3 Å². The first kappa shape index (κ1) is 11.7. The lowest BCUT2D eigenvalue weighted by Crippen LogP contribution is -2.10. The molecule has 0 amide bonds. The number of imidazole rings is 1. The molecule has 1 heterocycles. The lowest BCUT2D eigenvalue weighted by atomic mass is 10.1. The molecule has 2 aromatic rings. The summed E-state index contributed by atoms with van der Waals surface area (Å²) < 4.78 is 2.23. The van der Waals surface area contributed by atoms with E-state index in [0.29, 0.717) is 6.42 Å². The molecule has 1 atom stereocenters. The highest BCUT2D eigenvalue weighted by Crippen LogP contribution is 2.25. The van der Waals surface area contributed by atoms with E-state index < -0.39 is 0 Å². The van der Waals surface area contributed by atoms with Crippen LogP contribution in [0.4, 0.5) is 0 Å². The zero-order valence-corrected chi connectivity index (χ0v) is 10.3. The predicted molar refractivity (Wildman–Crippen MR) is 68.7 cm³/mol. The van der Waals surface area contributed by atoms with E-state index in [1.165, 1.54) is 0 Å². The Morgan fingerprint density at radius 3 is 2.76 bits per heavy atom. The minimum Gasteiger partial charge on any atom is -0.324 e. The van der Waals surface area contributed by atoms with E-state index in [9.17, 15) is 0 Å². The summed E-state index contributed by atoms with van der Waals surface area (Å²) in [5.41, 5.74) is 2.17. The van der Waals surface area contributed by atoms with Gasteiger partial charge in [0.1, 0.15) is 5.82 Å². The maximum atomic E-state index is 8.92. The van der Waals surface area contributed by atoms with E-state index in [1.807, 2.05) is 18.2 Å². The quantitative estimate of drug-likeness (QED) is 0.802. The molecule has 3 nitrogen and oxygen atoms in total. The van der Waals surface area contributed by atoms with Crippen molar-refractivity contribution in [1.82, 2.24) is 9.55 Å². The van der Waals surface area contributed by atoms with Crippen LogP contribution in [0.5, 0.6) is 0 Å². The van der Waals surface area contributed by atoms with E-state index in [1.54, 1.807) is 0 Å². The maximum Gasteiger partial charge on any atom is 0.109 e. The maximum absolute atomic E-state index is 8.92. The Labute approximate surface area is 102 Å². The van der Waals surface area contributed by atoms with Gasteiger partial charge in [-0.1, -0.05) is 26.0 Å². The molecule has 0 aliphatic carbocycles. The smallest absolute Gasteiger partial charge is 0.109 e. The summed E-state index contributed by atoms with van der Waals surface area (Å²) in [6, 6.07) is 10.7. The van der Waals surface area contributed by atoms with Gasteiger partial charge < -0.3 is 4.57 Å². The average Bonchev–Trinajstić information content (AvgIpc) is 2.74. The summed E-state index contributed by atoms with van der Waals surface area (Å²) in [6.45, 7) is 4.23. The van der Waals surface area contributed by atoms with Gasteiger partial charge in [-0.15, -0.1) is 0 Å². The van der Waals surface area contributed by atoms with Gasteiger partial charge in [0.25, 0.3) is 0 Å². The third kappa shape index (κ3) is 2.03. The zero-order valence-electron chi connectivity index (χ0n) is 10.3. The third-order valence-corrected chi connectivity index (χ3v) is 3.15. The second kappa shape index (κ2) is 5.01. The van der Waals surface area contributed by atoms with Gasteiger partial charge in [0.05, 0.1) is 23.5 Å². The number of nitrogens with zero attached hydrogens (tertiary/aromatic N) is 3. The molecule has 0 bridgehead atoms. The minimum atomic E-state index is 0.238. The molecule has 0 aliphatic heterocycles. The van der Waals surface area contributed by atoms with Crippen LogP contribution in [-0.2, 0) is 6.42 Å². The van der Waals surface area contributed by atoms with Crippen molar-refractivity contribution >= 4 is 11.0 Å². The minimum absolute atomic E-state index is 0.238. The molecular weight excluding hydrogens is 210 g/mol. The number of nitriles is 1. The summed E-state index contributed by atoms with van der Waals surface area (Å²) >= 11 is 0. The van der Waals surface area contributed by atoms with Gasteiger partial charge >= 0.3 is 0 Å². The molecule has 3 heteroatoms. The lowest BCUT2D eigenvalue weighted by Gasteiger charge is -2.17. The second-order valence-corrected chi connectivity index (χ2v) is 4.16. The van der Waals surface area contributed by atoms with Crippen LogP contribution in [0.2, 0.25) is 0 Å². The van der Waals surface area contributed by atoms with E-state index in [-0.39, 0.29) is 6.04 Å². The molecule has 1 aromatic carbocycles. The fourth-order valence-electron chi connectivity index (χ4n) is 2.27. The fraction of sp³-hybridized carbons (Fsp3) is 0.429. The first-order chi connectivity index (χ1) is 8.31. The molecule has 0 saturated heterocycles. The Morgan fingerprint density at radius 2 is 2.12 bits per heavy atom. The van der Waals surface area contributed by atoms with E-state index in [2.05, 4.69) is 35.5 Å². The van der Waals surface area contributed by atoms with Gasteiger partial charge in [0.2, 0.25) is 0 Å². The Balaban J connectivity index is 2.60. The molecule has 17 heavy (non-hydrogen) atoms. The van der Waals surface area contributed by atoms with Crippen LogP contribution >= 0.6 is 0 Å². The summed E-state index contributed by atoms with van der Waals surface area (Å²) in [4.78, 5) is 4.64. The Kier molecular flexibility index (Phi) is 3.43. The van der Waals surface area contributed by atoms with Crippen molar-refractivity contribution in [2.75, 3.05) is 0 Å². The van der Waals surface area contributed by atoms with Crippen molar-refractivity contribution in [3.63, 3.8) is 0 Å². The summed E-state index contributed by atoms with van der Waals surface area (Å²) in [5.74, 6) is 1.08. The van der Waals surface area contributed by atoms with Gasteiger partial charge in [-0.25, -0.2) is 4.98 Å². The SMILES string of the molecule is CCc1nc2ccccc2n1C(CC)CC#N. The second-order valence-electron chi connectivity index (χ2n) is 4.16. The van der Waals surface area contributed by atoms with Crippen LogP contribution in [0.25, 0.3) is 11.0 Å². The molecular formula is C14H17N3. The monoisotopic (exact) mass is 227 g/mol. The molecule has 0 aliphatic rings. The highest BCUT2D eigenvalue weighted by atomic mass is 15.1. The standard InChI is InChI=1S/C14H17N3/c1-3-11(9-10-15)17-13-8-6-5-7-12(13)16-14(17)4-2/h5-8,11H,3-4,9H2,1-2H3. The lowest BCUT2D eigenvalue weighted by molar-refractivity contribution is 0.491. The van der Waals surface area contributed by atoms with Gasteiger partial charge in [-0.2, -0.15) is 5.26 Å². The van der Waals surface area contributed by atoms with Gasteiger partial charge in [-0.05, 0) is 18.6 Å². The van der Waals surface area contributed by atoms with E-state index in [4.69, 9.17) is 5.26 Å². The molecule has 88 valence electrons. The van der Waals surface area contributed by atoms with Crippen LogP contribution < -0.4 is 0 Å².